The van der Waals surface area contributed by atoms with Gasteiger partial charge >= 0.3 is 0 Å². The van der Waals surface area contributed by atoms with Crippen molar-refractivity contribution >= 4 is 102 Å². The van der Waals surface area contributed by atoms with Crippen LogP contribution in [0, 0.1) is 0 Å². The number of para-hydroxylation sites is 1. The zero-order valence-corrected chi connectivity index (χ0v) is 32.9. The summed E-state index contributed by atoms with van der Waals surface area (Å²) in [6.45, 7) is 0. The average molecular weight is 776 g/mol. The molecular weight excluding hydrogens is 743 g/mol. The van der Waals surface area contributed by atoms with Gasteiger partial charge in [0.15, 0.2) is 0 Å². The van der Waals surface area contributed by atoms with E-state index in [0.717, 1.165) is 39.0 Å². The molecule has 0 aliphatic heterocycles. The fraction of sp³-hybridized carbons (Fsp3) is 0. The van der Waals surface area contributed by atoms with Crippen molar-refractivity contribution < 1.29 is 4.42 Å². The Labute approximate surface area is 343 Å². The largest absolute Gasteiger partial charge is 0.456 e. The van der Waals surface area contributed by atoms with Gasteiger partial charge in [0.1, 0.15) is 11.2 Å². The minimum absolute atomic E-state index is 0.873. The van der Waals surface area contributed by atoms with Crippen molar-refractivity contribution in [2.24, 2.45) is 0 Å². The Morgan fingerprint density at radius 3 is 1.76 bits per heavy atom. The maximum Gasteiger partial charge on any atom is 0.137 e. The van der Waals surface area contributed by atoms with Crippen LogP contribution < -0.4 is 4.90 Å². The zero-order chi connectivity index (χ0) is 38.2. The maximum absolute atomic E-state index is 6.54. The van der Waals surface area contributed by atoms with Gasteiger partial charge in [-0.1, -0.05) is 146 Å². The number of anilines is 3. The van der Waals surface area contributed by atoms with Crippen LogP contribution in [0.2, 0.25) is 0 Å². The average Bonchev–Trinajstić information content (AvgIpc) is 3.98. The molecule has 0 spiro atoms. The molecule has 0 bridgehead atoms. The quantitative estimate of drug-likeness (QED) is 0.167. The van der Waals surface area contributed by atoms with Crippen molar-refractivity contribution in [3.05, 3.63) is 200 Å². The lowest BCUT2D eigenvalue weighted by Gasteiger charge is -2.27. The summed E-state index contributed by atoms with van der Waals surface area (Å²) in [6.07, 6.45) is 0. The lowest BCUT2D eigenvalue weighted by atomic mass is 9.98. The zero-order valence-electron chi connectivity index (χ0n) is 31.2. The molecule has 12 rings (SSSR count). The third-order valence-electron chi connectivity index (χ3n) is 11.5. The fourth-order valence-corrected chi connectivity index (χ4v) is 11.3. The van der Waals surface area contributed by atoms with Gasteiger partial charge < -0.3 is 9.32 Å². The van der Waals surface area contributed by atoms with Gasteiger partial charge in [-0.2, -0.15) is 0 Å². The maximum atomic E-state index is 6.54. The van der Waals surface area contributed by atoms with Crippen LogP contribution in [0.5, 0.6) is 0 Å². The van der Waals surface area contributed by atoms with E-state index in [0.29, 0.717) is 0 Å². The van der Waals surface area contributed by atoms with Crippen molar-refractivity contribution in [1.29, 1.82) is 0 Å². The molecule has 0 aliphatic carbocycles. The van der Waals surface area contributed by atoms with Gasteiger partial charge in [0, 0.05) is 68.6 Å². The van der Waals surface area contributed by atoms with Crippen LogP contribution in [0.4, 0.5) is 17.1 Å². The topological polar surface area (TPSA) is 16.4 Å². The number of furan rings is 1. The third kappa shape index (κ3) is 5.30. The number of thiophene rings is 2. The van der Waals surface area contributed by atoms with Gasteiger partial charge in [-0.15, -0.1) is 22.7 Å². The van der Waals surface area contributed by atoms with Gasteiger partial charge in [-0.3, -0.25) is 0 Å². The molecule has 12 aromatic rings. The molecule has 3 heterocycles. The summed E-state index contributed by atoms with van der Waals surface area (Å²) in [5.74, 6) is 0. The molecule has 0 amide bonds. The lowest BCUT2D eigenvalue weighted by molar-refractivity contribution is 0.669. The molecule has 4 heteroatoms. The number of benzene rings is 9. The monoisotopic (exact) mass is 775 g/mol. The van der Waals surface area contributed by atoms with E-state index in [2.05, 4.69) is 199 Å². The first-order valence-corrected chi connectivity index (χ1v) is 21.2. The molecule has 0 aliphatic rings. The first-order chi connectivity index (χ1) is 28.7. The van der Waals surface area contributed by atoms with Gasteiger partial charge in [-0.05, 0) is 81.9 Å². The SMILES string of the molecule is c1ccc(-c2ccc3c(c2)sc2c(-c4ccccc4)ccc(N(c4ccc5c(c4)oc4ccccc45)c4ccc5sc6c(-c7ccccc7)cccc6c5c4)c23)cc1. The summed E-state index contributed by atoms with van der Waals surface area (Å²) < 4.78 is 11.7. The summed E-state index contributed by atoms with van der Waals surface area (Å²) in [5.41, 5.74) is 12.4. The van der Waals surface area contributed by atoms with Crippen LogP contribution in [0.1, 0.15) is 0 Å². The molecule has 58 heavy (non-hydrogen) atoms. The van der Waals surface area contributed by atoms with Crippen LogP contribution in [0.25, 0.3) is 95.7 Å². The second-order valence-electron chi connectivity index (χ2n) is 14.8. The Balaban J connectivity index is 1.14. The predicted molar refractivity (Wildman–Crippen MR) is 250 cm³/mol. The Kier molecular flexibility index (Phi) is 7.62. The summed E-state index contributed by atoms with van der Waals surface area (Å²) >= 11 is 3.75. The highest BCUT2D eigenvalue weighted by molar-refractivity contribution is 7.26. The van der Waals surface area contributed by atoms with Gasteiger partial charge in [0.25, 0.3) is 0 Å². The lowest BCUT2D eigenvalue weighted by Crippen LogP contribution is -2.10. The molecule has 0 unspecified atom stereocenters. The Hall–Kier alpha value is -6.98. The van der Waals surface area contributed by atoms with Crippen molar-refractivity contribution in [2.75, 3.05) is 4.90 Å². The summed E-state index contributed by atoms with van der Waals surface area (Å²) in [5, 5.41) is 7.26. The van der Waals surface area contributed by atoms with Crippen LogP contribution in [-0.4, -0.2) is 0 Å². The highest BCUT2D eigenvalue weighted by Crippen LogP contribution is 2.50. The second-order valence-corrected chi connectivity index (χ2v) is 16.9. The minimum atomic E-state index is 0.873. The molecule has 2 nitrogen and oxygen atoms in total. The van der Waals surface area contributed by atoms with Crippen LogP contribution >= 0.6 is 22.7 Å². The molecule has 9 aromatic carbocycles. The van der Waals surface area contributed by atoms with Gasteiger partial charge in [0.05, 0.1) is 5.69 Å². The standard InChI is InChI=1S/C54H33NOS2/c1-4-13-34(14-5-1)37-23-26-45-51(31-37)58-54-41(36-17-8-3-9-18-36)28-29-47(52(45)54)55(39-24-27-43-42-19-10-11-22-48(42)56-49(43)33-39)38-25-30-50-46(32-38)44-21-12-20-40(53(44)57-50)35-15-6-2-7-16-35/h1-33H. The molecule has 0 saturated heterocycles. The molecule has 0 atom stereocenters. The molecule has 3 aromatic heterocycles. The number of hydrogen-bond donors (Lipinski definition) is 0. The molecule has 0 fully saturated rings. The Morgan fingerprint density at radius 2 is 0.966 bits per heavy atom. The normalized spacial score (nSPS) is 11.8. The van der Waals surface area contributed by atoms with Crippen molar-refractivity contribution in [3.8, 4) is 33.4 Å². The third-order valence-corrected chi connectivity index (χ3v) is 13.9. The van der Waals surface area contributed by atoms with E-state index in [9.17, 15) is 0 Å². The van der Waals surface area contributed by atoms with E-state index < -0.39 is 0 Å². The summed E-state index contributed by atoms with van der Waals surface area (Å²) in [7, 11) is 0. The smallest absolute Gasteiger partial charge is 0.137 e. The van der Waals surface area contributed by atoms with E-state index in [4.69, 9.17) is 4.42 Å². The van der Waals surface area contributed by atoms with Crippen molar-refractivity contribution in [3.63, 3.8) is 0 Å². The molecule has 272 valence electrons. The van der Waals surface area contributed by atoms with E-state index in [-0.39, 0.29) is 0 Å². The first kappa shape index (κ1) is 33.2. The van der Waals surface area contributed by atoms with E-state index >= 15 is 0 Å². The molecule has 0 saturated carbocycles. The number of fused-ring (bicyclic) bond motifs is 9. The van der Waals surface area contributed by atoms with E-state index in [1.54, 1.807) is 0 Å². The highest BCUT2D eigenvalue weighted by atomic mass is 32.1. The first-order valence-electron chi connectivity index (χ1n) is 19.6. The second kappa shape index (κ2) is 13.3. The van der Waals surface area contributed by atoms with Crippen LogP contribution in [-0.2, 0) is 0 Å². The van der Waals surface area contributed by atoms with Gasteiger partial charge in [0.2, 0.25) is 0 Å². The van der Waals surface area contributed by atoms with E-state index in [1.165, 1.54) is 73.7 Å². The van der Waals surface area contributed by atoms with Gasteiger partial charge in [-0.25, -0.2) is 0 Å². The number of nitrogens with zero attached hydrogens (tertiary/aromatic N) is 1. The predicted octanol–water partition coefficient (Wildman–Crippen LogP) is 16.8. The highest BCUT2D eigenvalue weighted by Gasteiger charge is 2.23. The Bertz CT molecular complexity index is 3510. The summed E-state index contributed by atoms with van der Waals surface area (Å²) in [6, 6.07) is 72.6. The molecule has 0 radical (unpaired) electrons. The molecular formula is C54H33NOS2. The van der Waals surface area contributed by atoms with Crippen molar-refractivity contribution in [2.45, 2.75) is 0 Å². The van der Waals surface area contributed by atoms with Crippen molar-refractivity contribution in [1.82, 2.24) is 0 Å². The minimum Gasteiger partial charge on any atom is -0.456 e. The Morgan fingerprint density at radius 1 is 0.345 bits per heavy atom. The summed E-state index contributed by atoms with van der Waals surface area (Å²) in [4.78, 5) is 2.45. The number of rotatable bonds is 6. The number of hydrogen-bond acceptors (Lipinski definition) is 4. The van der Waals surface area contributed by atoms with Crippen LogP contribution in [0.15, 0.2) is 205 Å². The van der Waals surface area contributed by atoms with E-state index in [1.807, 2.05) is 28.7 Å². The van der Waals surface area contributed by atoms with Crippen LogP contribution in [0.3, 0.4) is 0 Å². The fourth-order valence-electron chi connectivity index (χ4n) is 8.75. The molecule has 0 N–H and O–H groups in total.